The van der Waals surface area contributed by atoms with E-state index in [0.717, 1.165) is 0 Å². The molecule has 0 radical (unpaired) electrons. The number of hydrogen-bond donors (Lipinski definition) is 2. The predicted octanol–water partition coefficient (Wildman–Crippen LogP) is 0.570. The molecule has 0 rings (SSSR count). The molecule has 0 fully saturated rings. The van der Waals surface area contributed by atoms with E-state index >= 15 is 0 Å². The van der Waals surface area contributed by atoms with Gasteiger partial charge in [0, 0.05) is 6.42 Å². The Bertz CT molecular complexity index is 136. The Labute approximate surface area is 77.2 Å². The zero-order valence-electron chi connectivity index (χ0n) is 7.73. The second-order valence-electron chi connectivity index (χ2n) is 2.68. The van der Waals surface area contributed by atoms with Gasteiger partial charge in [0.1, 0.15) is 6.61 Å². The first-order valence-corrected chi connectivity index (χ1v) is 4.30. The van der Waals surface area contributed by atoms with Crippen LogP contribution in [0.1, 0.15) is 26.2 Å². The van der Waals surface area contributed by atoms with E-state index < -0.39 is 6.10 Å². The number of aliphatic hydroxyl groups is 1. The molecular weight excluding hydrogens is 176 g/mol. The largest absolute Gasteiger partial charge is 0.463 e. The predicted molar refractivity (Wildman–Crippen MR) is 45.1 cm³/mol. The molecule has 0 aromatic rings. The molecule has 13 heavy (non-hydrogen) atoms. The van der Waals surface area contributed by atoms with Crippen molar-refractivity contribution in [1.82, 2.24) is 0 Å². The lowest BCUT2D eigenvalue weighted by molar-refractivity contribution is -0.242. The molecule has 0 heterocycles. The van der Waals surface area contributed by atoms with Crippen molar-refractivity contribution in [2.45, 2.75) is 32.3 Å². The van der Waals surface area contributed by atoms with Crippen LogP contribution in [0.4, 0.5) is 0 Å². The second kappa shape index (κ2) is 7.97. The Hall–Kier alpha value is -0.650. The van der Waals surface area contributed by atoms with E-state index in [1.807, 2.05) is 0 Å². The summed E-state index contributed by atoms with van der Waals surface area (Å²) in [5, 5.41) is 17.0. The quantitative estimate of drug-likeness (QED) is 0.267. The first-order chi connectivity index (χ1) is 6.20. The molecule has 0 amide bonds. The first-order valence-electron chi connectivity index (χ1n) is 4.30. The van der Waals surface area contributed by atoms with Gasteiger partial charge in [-0.25, -0.2) is 4.89 Å². The van der Waals surface area contributed by atoms with Gasteiger partial charge in [0.05, 0.1) is 12.7 Å². The standard InChI is InChI=1S/C8H16O5/c1-2-7(9)6-12-8(10)4-3-5-13-11/h7,9,11H,2-6H2,1H3. The van der Waals surface area contributed by atoms with Crippen molar-refractivity contribution in [2.75, 3.05) is 13.2 Å². The summed E-state index contributed by atoms with van der Waals surface area (Å²) in [6.45, 7) is 1.96. The summed E-state index contributed by atoms with van der Waals surface area (Å²) < 4.78 is 4.72. The normalized spacial score (nSPS) is 12.5. The highest BCUT2D eigenvalue weighted by Crippen LogP contribution is 1.96. The van der Waals surface area contributed by atoms with Gasteiger partial charge < -0.3 is 9.84 Å². The van der Waals surface area contributed by atoms with E-state index in [1.54, 1.807) is 6.92 Å². The Morgan fingerprint density at radius 2 is 2.23 bits per heavy atom. The maximum absolute atomic E-state index is 10.9. The fraction of sp³-hybridized carbons (Fsp3) is 0.875. The molecule has 0 aromatic carbocycles. The fourth-order valence-corrected chi connectivity index (χ4v) is 0.660. The van der Waals surface area contributed by atoms with Crippen LogP contribution in [-0.4, -0.2) is 35.7 Å². The van der Waals surface area contributed by atoms with Gasteiger partial charge in [0.2, 0.25) is 0 Å². The van der Waals surface area contributed by atoms with E-state index in [-0.39, 0.29) is 25.6 Å². The Morgan fingerprint density at radius 1 is 1.54 bits per heavy atom. The van der Waals surface area contributed by atoms with Crippen molar-refractivity contribution in [3.8, 4) is 0 Å². The summed E-state index contributed by atoms with van der Waals surface area (Å²) in [4.78, 5) is 14.6. The van der Waals surface area contributed by atoms with Gasteiger partial charge in [0.25, 0.3) is 0 Å². The molecule has 0 saturated carbocycles. The summed E-state index contributed by atoms with van der Waals surface area (Å²) in [6, 6.07) is 0. The summed E-state index contributed by atoms with van der Waals surface area (Å²) in [5.41, 5.74) is 0. The SMILES string of the molecule is CCC(O)COC(=O)CCCOO. The van der Waals surface area contributed by atoms with Crippen LogP contribution in [0.15, 0.2) is 0 Å². The third-order valence-corrected chi connectivity index (χ3v) is 1.52. The van der Waals surface area contributed by atoms with Crippen LogP contribution < -0.4 is 0 Å². The van der Waals surface area contributed by atoms with E-state index in [2.05, 4.69) is 4.89 Å². The van der Waals surface area contributed by atoms with E-state index in [9.17, 15) is 4.79 Å². The molecule has 1 atom stereocenters. The molecule has 0 aliphatic rings. The van der Waals surface area contributed by atoms with Crippen molar-refractivity contribution in [1.29, 1.82) is 0 Å². The average molecular weight is 192 g/mol. The lowest BCUT2D eigenvalue weighted by Crippen LogP contribution is -2.17. The van der Waals surface area contributed by atoms with Crippen molar-refractivity contribution in [2.24, 2.45) is 0 Å². The summed E-state index contributed by atoms with van der Waals surface area (Å²) >= 11 is 0. The molecule has 0 aromatic heterocycles. The van der Waals surface area contributed by atoms with Gasteiger partial charge in [0.15, 0.2) is 0 Å². The minimum absolute atomic E-state index is 0.0370. The molecule has 0 spiro atoms. The number of carbonyl (C=O) groups is 1. The Kier molecular flexibility index (Phi) is 7.57. The highest BCUT2D eigenvalue weighted by atomic mass is 17.1. The number of aliphatic hydroxyl groups excluding tert-OH is 1. The highest BCUT2D eigenvalue weighted by Gasteiger charge is 2.06. The highest BCUT2D eigenvalue weighted by molar-refractivity contribution is 5.69. The molecular formula is C8H16O5. The van der Waals surface area contributed by atoms with Crippen LogP contribution in [-0.2, 0) is 14.4 Å². The molecule has 0 aliphatic carbocycles. The van der Waals surface area contributed by atoms with E-state index in [4.69, 9.17) is 15.1 Å². The Morgan fingerprint density at radius 3 is 2.77 bits per heavy atom. The molecule has 5 heteroatoms. The zero-order valence-corrected chi connectivity index (χ0v) is 7.73. The number of ether oxygens (including phenoxy) is 1. The summed E-state index contributed by atoms with van der Waals surface area (Å²) in [5.74, 6) is -0.385. The van der Waals surface area contributed by atoms with Gasteiger partial charge in [-0.15, -0.1) is 0 Å². The van der Waals surface area contributed by atoms with E-state index in [0.29, 0.717) is 12.8 Å². The van der Waals surface area contributed by atoms with Gasteiger partial charge in [-0.05, 0) is 12.8 Å². The third kappa shape index (κ3) is 7.70. The third-order valence-electron chi connectivity index (χ3n) is 1.52. The molecule has 0 aliphatic heterocycles. The van der Waals surface area contributed by atoms with Crippen LogP contribution in [0.2, 0.25) is 0 Å². The minimum Gasteiger partial charge on any atom is -0.463 e. The average Bonchev–Trinajstić information content (AvgIpc) is 2.14. The van der Waals surface area contributed by atoms with Crippen molar-refractivity contribution in [3.63, 3.8) is 0 Å². The van der Waals surface area contributed by atoms with Crippen LogP contribution in [0.3, 0.4) is 0 Å². The monoisotopic (exact) mass is 192 g/mol. The lowest BCUT2D eigenvalue weighted by atomic mass is 10.3. The number of carbonyl (C=O) groups excluding carboxylic acids is 1. The van der Waals surface area contributed by atoms with Crippen molar-refractivity contribution in [3.05, 3.63) is 0 Å². The first kappa shape index (κ1) is 12.3. The zero-order chi connectivity index (χ0) is 10.1. The maximum atomic E-state index is 10.9. The Balaban J connectivity index is 3.30. The maximum Gasteiger partial charge on any atom is 0.305 e. The number of esters is 1. The molecule has 2 N–H and O–H groups in total. The molecule has 0 saturated heterocycles. The summed E-state index contributed by atoms with van der Waals surface area (Å²) in [7, 11) is 0. The van der Waals surface area contributed by atoms with Crippen LogP contribution in [0.5, 0.6) is 0 Å². The number of hydrogen-bond acceptors (Lipinski definition) is 5. The van der Waals surface area contributed by atoms with Gasteiger partial charge in [-0.3, -0.25) is 10.1 Å². The van der Waals surface area contributed by atoms with Gasteiger partial charge in [-0.1, -0.05) is 6.92 Å². The molecule has 0 bridgehead atoms. The fourth-order valence-electron chi connectivity index (χ4n) is 0.660. The second-order valence-corrected chi connectivity index (χ2v) is 2.68. The van der Waals surface area contributed by atoms with E-state index in [1.165, 1.54) is 0 Å². The van der Waals surface area contributed by atoms with Crippen LogP contribution >= 0.6 is 0 Å². The summed E-state index contributed by atoms with van der Waals surface area (Å²) in [6.07, 6.45) is 0.583. The number of rotatable bonds is 7. The lowest BCUT2D eigenvalue weighted by Gasteiger charge is -2.08. The van der Waals surface area contributed by atoms with Gasteiger partial charge >= 0.3 is 5.97 Å². The topological polar surface area (TPSA) is 76.0 Å². The molecule has 1 unspecified atom stereocenters. The smallest absolute Gasteiger partial charge is 0.305 e. The van der Waals surface area contributed by atoms with Crippen LogP contribution in [0.25, 0.3) is 0 Å². The van der Waals surface area contributed by atoms with Crippen molar-refractivity contribution < 1.29 is 24.8 Å². The molecule has 78 valence electrons. The molecule has 5 nitrogen and oxygen atoms in total. The van der Waals surface area contributed by atoms with Crippen molar-refractivity contribution >= 4 is 5.97 Å². The van der Waals surface area contributed by atoms with Crippen LogP contribution in [0, 0.1) is 0 Å². The minimum atomic E-state index is -0.585. The van der Waals surface area contributed by atoms with Gasteiger partial charge in [-0.2, -0.15) is 0 Å².